The molecule has 2 N–H and O–H groups in total. The monoisotopic (exact) mass is 347 g/mol. The van der Waals surface area contributed by atoms with Gasteiger partial charge in [0.1, 0.15) is 0 Å². The second-order valence-electron chi connectivity index (χ2n) is 4.95. The molecule has 0 aliphatic carbocycles. The summed E-state index contributed by atoms with van der Waals surface area (Å²) in [5, 5.41) is 30.4. The molecule has 0 bridgehead atoms. The minimum Gasteiger partial charge on any atom is -0.504 e. The Balaban J connectivity index is 2.61. The molecule has 2 aromatic rings. The van der Waals surface area contributed by atoms with Gasteiger partial charge in [-0.05, 0) is 35.9 Å². The molecule has 132 valence electrons. The first kappa shape index (κ1) is 17.9. The third-order valence-electron chi connectivity index (χ3n) is 3.46. The van der Waals surface area contributed by atoms with Crippen molar-refractivity contribution >= 4 is 11.8 Å². The van der Waals surface area contributed by atoms with Gasteiger partial charge in [0.25, 0.3) is 5.70 Å². The number of methoxy groups -OCH3 is 3. The molecular weight excluding hydrogens is 330 g/mol. The molecule has 2 rings (SSSR count). The van der Waals surface area contributed by atoms with Gasteiger partial charge in [-0.2, -0.15) is 0 Å². The average molecular weight is 347 g/mol. The highest BCUT2D eigenvalue weighted by atomic mass is 16.6. The van der Waals surface area contributed by atoms with E-state index in [1.807, 2.05) is 0 Å². The summed E-state index contributed by atoms with van der Waals surface area (Å²) in [5.41, 5.74) is 0.299. The summed E-state index contributed by atoms with van der Waals surface area (Å²) in [5.74, 6) is 0.259. The van der Waals surface area contributed by atoms with Gasteiger partial charge < -0.3 is 24.4 Å². The number of phenolic OH excluding ortho intramolecular Hbond substituents is 2. The first-order valence-electron chi connectivity index (χ1n) is 7.09. The number of hydrogen-bond donors (Lipinski definition) is 2. The van der Waals surface area contributed by atoms with Crippen LogP contribution in [-0.2, 0) is 0 Å². The van der Waals surface area contributed by atoms with Crippen LogP contribution in [-0.4, -0.2) is 36.5 Å². The molecule has 0 saturated carbocycles. The number of benzene rings is 2. The van der Waals surface area contributed by atoms with Crippen LogP contribution in [0.5, 0.6) is 28.7 Å². The third kappa shape index (κ3) is 3.74. The van der Waals surface area contributed by atoms with Crippen LogP contribution < -0.4 is 14.2 Å². The Bertz CT molecular complexity index is 805. The van der Waals surface area contributed by atoms with Crippen LogP contribution in [0.3, 0.4) is 0 Å². The fourth-order valence-corrected chi connectivity index (χ4v) is 2.27. The molecule has 0 fully saturated rings. The number of hydrogen-bond acceptors (Lipinski definition) is 7. The van der Waals surface area contributed by atoms with Crippen molar-refractivity contribution in [2.24, 2.45) is 0 Å². The molecule has 0 heterocycles. The van der Waals surface area contributed by atoms with Crippen LogP contribution in [0, 0.1) is 10.1 Å². The third-order valence-corrected chi connectivity index (χ3v) is 3.46. The second kappa shape index (κ2) is 7.43. The average Bonchev–Trinajstić information content (AvgIpc) is 2.60. The number of phenols is 2. The summed E-state index contributed by atoms with van der Waals surface area (Å²) < 4.78 is 15.7. The van der Waals surface area contributed by atoms with Crippen LogP contribution in [0.15, 0.2) is 30.3 Å². The molecule has 0 aromatic heterocycles. The molecule has 0 atom stereocenters. The molecule has 8 heteroatoms. The lowest BCUT2D eigenvalue weighted by molar-refractivity contribution is -0.374. The van der Waals surface area contributed by atoms with Crippen molar-refractivity contribution in [3.8, 4) is 28.7 Å². The van der Waals surface area contributed by atoms with Gasteiger partial charge in [-0.25, -0.2) is 0 Å². The Morgan fingerprint density at radius 3 is 2.04 bits per heavy atom. The molecule has 25 heavy (non-hydrogen) atoms. The van der Waals surface area contributed by atoms with E-state index in [1.54, 1.807) is 12.1 Å². The fourth-order valence-electron chi connectivity index (χ4n) is 2.27. The van der Waals surface area contributed by atoms with E-state index in [-0.39, 0.29) is 17.0 Å². The van der Waals surface area contributed by atoms with Gasteiger partial charge in [0.05, 0.1) is 31.8 Å². The zero-order valence-corrected chi connectivity index (χ0v) is 13.8. The maximum absolute atomic E-state index is 11.4. The summed E-state index contributed by atoms with van der Waals surface area (Å²) >= 11 is 0. The Labute approximate surface area is 143 Å². The van der Waals surface area contributed by atoms with Gasteiger partial charge >= 0.3 is 0 Å². The SMILES string of the molecule is COc1cc(C=C(c2ccc(O)c(O)c2)[N+](=O)[O-])cc(OC)c1OC. The fraction of sp³-hybridized carbons (Fsp3) is 0.176. The Morgan fingerprint density at radius 1 is 1.00 bits per heavy atom. The lowest BCUT2D eigenvalue weighted by Crippen LogP contribution is -1.99. The van der Waals surface area contributed by atoms with Crippen molar-refractivity contribution < 1.29 is 29.3 Å². The van der Waals surface area contributed by atoms with E-state index in [4.69, 9.17) is 14.2 Å². The first-order valence-corrected chi connectivity index (χ1v) is 7.09. The summed E-state index contributed by atoms with van der Waals surface area (Å²) in [7, 11) is 4.34. The molecule has 0 aliphatic heterocycles. The normalized spacial score (nSPS) is 11.1. The highest BCUT2D eigenvalue weighted by Crippen LogP contribution is 2.39. The quantitative estimate of drug-likeness (QED) is 0.358. The Kier molecular flexibility index (Phi) is 5.33. The number of rotatable bonds is 6. The van der Waals surface area contributed by atoms with Crippen molar-refractivity contribution in [1.29, 1.82) is 0 Å². The molecule has 2 aromatic carbocycles. The number of aromatic hydroxyl groups is 2. The molecule has 0 aliphatic rings. The van der Waals surface area contributed by atoms with Crippen LogP contribution >= 0.6 is 0 Å². The van der Waals surface area contributed by atoms with E-state index in [1.165, 1.54) is 39.5 Å². The maximum Gasteiger partial charge on any atom is 0.277 e. The standard InChI is InChI=1S/C17H17NO7/c1-23-15-7-10(8-16(24-2)17(15)25-3)6-12(18(21)22)11-4-5-13(19)14(20)9-11/h4-9,19-20H,1-3H3. The lowest BCUT2D eigenvalue weighted by atomic mass is 10.1. The zero-order chi connectivity index (χ0) is 18.6. The largest absolute Gasteiger partial charge is 0.504 e. The van der Waals surface area contributed by atoms with Crippen LogP contribution in [0.2, 0.25) is 0 Å². The lowest BCUT2D eigenvalue weighted by Gasteiger charge is -2.13. The number of nitro groups is 1. The van der Waals surface area contributed by atoms with E-state index >= 15 is 0 Å². The highest BCUT2D eigenvalue weighted by Gasteiger charge is 2.18. The van der Waals surface area contributed by atoms with Crippen molar-refractivity contribution in [1.82, 2.24) is 0 Å². The van der Waals surface area contributed by atoms with Gasteiger partial charge in [0.15, 0.2) is 23.0 Å². The van der Waals surface area contributed by atoms with Crippen LogP contribution in [0.1, 0.15) is 11.1 Å². The molecule has 0 spiro atoms. The van der Waals surface area contributed by atoms with Gasteiger partial charge in [-0.15, -0.1) is 0 Å². The zero-order valence-electron chi connectivity index (χ0n) is 13.8. The van der Waals surface area contributed by atoms with Crippen molar-refractivity contribution in [2.45, 2.75) is 0 Å². The smallest absolute Gasteiger partial charge is 0.277 e. The van der Waals surface area contributed by atoms with Crippen molar-refractivity contribution in [3.63, 3.8) is 0 Å². The Morgan fingerprint density at radius 2 is 1.60 bits per heavy atom. The first-order chi connectivity index (χ1) is 11.9. The molecule has 0 radical (unpaired) electrons. The van der Waals surface area contributed by atoms with E-state index in [0.29, 0.717) is 22.8 Å². The predicted molar refractivity (Wildman–Crippen MR) is 90.7 cm³/mol. The van der Waals surface area contributed by atoms with Gasteiger partial charge in [-0.1, -0.05) is 0 Å². The van der Waals surface area contributed by atoms with Gasteiger partial charge in [0.2, 0.25) is 5.75 Å². The minimum atomic E-state index is -0.588. The topological polar surface area (TPSA) is 111 Å². The van der Waals surface area contributed by atoms with Crippen LogP contribution in [0.4, 0.5) is 0 Å². The second-order valence-corrected chi connectivity index (χ2v) is 4.95. The van der Waals surface area contributed by atoms with Gasteiger partial charge in [-0.3, -0.25) is 10.1 Å². The van der Waals surface area contributed by atoms with Gasteiger partial charge in [0, 0.05) is 6.08 Å². The van der Waals surface area contributed by atoms with Crippen molar-refractivity contribution in [2.75, 3.05) is 21.3 Å². The maximum atomic E-state index is 11.4. The summed E-state index contributed by atoms with van der Waals surface area (Å²) in [6.45, 7) is 0. The Hall–Kier alpha value is -3.42. The molecular formula is C17H17NO7. The molecule has 8 nitrogen and oxygen atoms in total. The number of nitrogens with zero attached hydrogens (tertiary/aromatic N) is 1. The minimum absolute atomic E-state index is 0.133. The summed E-state index contributed by atoms with van der Waals surface area (Å²) in [6, 6.07) is 6.75. The van der Waals surface area contributed by atoms with Crippen LogP contribution in [0.25, 0.3) is 11.8 Å². The predicted octanol–water partition coefficient (Wildman–Crippen LogP) is 2.90. The number of ether oxygens (including phenoxy) is 3. The van der Waals surface area contributed by atoms with E-state index < -0.39 is 10.7 Å². The van der Waals surface area contributed by atoms with E-state index in [9.17, 15) is 20.3 Å². The summed E-state index contributed by atoms with van der Waals surface area (Å²) in [4.78, 5) is 10.9. The molecule has 0 unspecified atom stereocenters. The summed E-state index contributed by atoms with van der Waals surface area (Å²) in [6.07, 6.45) is 1.30. The molecule has 0 saturated heterocycles. The van der Waals surface area contributed by atoms with Crippen molar-refractivity contribution in [3.05, 3.63) is 51.6 Å². The van der Waals surface area contributed by atoms with E-state index in [0.717, 1.165) is 6.07 Å². The van der Waals surface area contributed by atoms with E-state index in [2.05, 4.69) is 0 Å². The highest BCUT2D eigenvalue weighted by molar-refractivity contribution is 5.79. The molecule has 0 amide bonds.